The van der Waals surface area contributed by atoms with E-state index in [1.807, 2.05) is 0 Å². The first-order valence-electron chi connectivity index (χ1n) is 3.16. The summed E-state index contributed by atoms with van der Waals surface area (Å²) in [6.45, 7) is 3.47. The molecule has 1 aromatic rings. The van der Waals surface area contributed by atoms with Gasteiger partial charge in [-0.25, -0.2) is 4.79 Å². The van der Waals surface area contributed by atoms with Gasteiger partial charge in [0.15, 0.2) is 0 Å². The van der Waals surface area contributed by atoms with E-state index in [1.165, 1.54) is 6.07 Å². The molecule has 11 heavy (non-hydrogen) atoms. The molecule has 0 aromatic carbocycles. The van der Waals surface area contributed by atoms with Crippen LogP contribution in [0.2, 0.25) is 0 Å². The molecule has 1 rings (SSSR count). The van der Waals surface area contributed by atoms with E-state index in [4.69, 9.17) is 9.52 Å². The predicted octanol–water partition coefficient (Wildman–Crippen LogP) is 1.07. The molecule has 1 N–H and O–H groups in total. The zero-order valence-electron chi connectivity index (χ0n) is 5.91. The van der Waals surface area contributed by atoms with Crippen molar-refractivity contribution in [1.82, 2.24) is 0 Å². The van der Waals surface area contributed by atoms with Gasteiger partial charge in [-0.1, -0.05) is 6.08 Å². The van der Waals surface area contributed by atoms with Crippen LogP contribution in [0, 0.1) is 0 Å². The lowest BCUT2D eigenvalue weighted by Gasteiger charge is -1.94. The summed E-state index contributed by atoms with van der Waals surface area (Å²) in [6, 6.07) is 2.41. The van der Waals surface area contributed by atoms with E-state index >= 15 is 0 Å². The fourth-order valence-electron chi connectivity index (χ4n) is 0.758. The quantitative estimate of drug-likeness (QED) is 0.645. The van der Waals surface area contributed by atoms with Gasteiger partial charge in [0.05, 0.1) is 6.07 Å². The Labute approximate surface area is 63.6 Å². The third-order valence-electron chi connectivity index (χ3n) is 1.15. The van der Waals surface area contributed by atoms with Gasteiger partial charge in [0.1, 0.15) is 11.5 Å². The van der Waals surface area contributed by atoms with Crippen molar-refractivity contribution < 1.29 is 9.52 Å². The molecule has 0 saturated heterocycles. The molecule has 0 atom stereocenters. The highest BCUT2D eigenvalue weighted by Gasteiger charge is 1.96. The Morgan fingerprint density at radius 1 is 1.64 bits per heavy atom. The molecule has 0 aliphatic rings. The zero-order valence-corrected chi connectivity index (χ0v) is 5.91. The van der Waals surface area contributed by atoms with Gasteiger partial charge < -0.3 is 9.52 Å². The summed E-state index contributed by atoms with van der Waals surface area (Å²) in [4.78, 5) is 10.6. The Balaban J connectivity index is 3.08. The molecule has 3 nitrogen and oxygen atoms in total. The van der Waals surface area contributed by atoms with E-state index in [9.17, 15) is 4.79 Å². The van der Waals surface area contributed by atoms with Gasteiger partial charge in [0, 0.05) is 12.5 Å². The van der Waals surface area contributed by atoms with Crippen LogP contribution in [0.15, 0.2) is 34.0 Å². The van der Waals surface area contributed by atoms with Crippen molar-refractivity contribution in [3.8, 4) is 5.75 Å². The third-order valence-corrected chi connectivity index (χ3v) is 1.15. The second kappa shape index (κ2) is 3.05. The predicted molar refractivity (Wildman–Crippen MR) is 40.5 cm³/mol. The summed E-state index contributed by atoms with van der Waals surface area (Å²) in [5, 5.41) is 8.93. The smallest absolute Gasteiger partial charge is 0.339 e. The first kappa shape index (κ1) is 7.60. The molecule has 0 saturated carbocycles. The highest BCUT2D eigenvalue weighted by Crippen LogP contribution is 2.07. The number of allylic oxidation sites excluding steroid dienone is 1. The zero-order chi connectivity index (χ0) is 8.27. The number of rotatable bonds is 2. The minimum absolute atomic E-state index is 0.0712. The molecule has 58 valence electrons. The van der Waals surface area contributed by atoms with E-state index in [2.05, 4.69) is 6.58 Å². The fraction of sp³-hybridized carbons (Fsp3) is 0.125. The largest absolute Gasteiger partial charge is 0.508 e. The van der Waals surface area contributed by atoms with Crippen molar-refractivity contribution in [3.05, 3.63) is 41.0 Å². The van der Waals surface area contributed by atoms with Crippen LogP contribution in [0.1, 0.15) is 5.76 Å². The lowest BCUT2D eigenvalue weighted by atomic mass is 10.3. The number of aromatic hydroxyl groups is 1. The maximum absolute atomic E-state index is 10.6. The van der Waals surface area contributed by atoms with E-state index < -0.39 is 5.63 Å². The molecule has 0 spiro atoms. The lowest BCUT2D eigenvalue weighted by molar-refractivity contribution is 0.429. The van der Waals surface area contributed by atoms with Crippen LogP contribution in [0.25, 0.3) is 0 Å². The van der Waals surface area contributed by atoms with Gasteiger partial charge in [0.25, 0.3) is 0 Å². The van der Waals surface area contributed by atoms with Crippen molar-refractivity contribution in [1.29, 1.82) is 0 Å². The summed E-state index contributed by atoms with van der Waals surface area (Å²) in [5.41, 5.74) is -0.540. The standard InChI is InChI=1S/C8H8O3/c1-2-3-7-4-6(9)5-8(10)11-7/h2,4-5,9H,1,3H2. The van der Waals surface area contributed by atoms with E-state index in [0.717, 1.165) is 6.07 Å². The van der Waals surface area contributed by atoms with Crippen molar-refractivity contribution in [2.45, 2.75) is 6.42 Å². The third kappa shape index (κ3) is 1.97. The van der Waals surface area contributed by atoms with Crippen LogP contribution in [-0.2, 0) is 6.42 Å². The summed E-state index contributed by atoms with van der Waals surface area (Å²) >= 11 is 0. The summed E-state index contributed by atoms with van der Waals surface area (Å²) in [5.74, 6) is 0.350. The van der Waals surface area contributed by atoms with Crippen LogP contribution >= 0.6 is 0 Å². The minimum atomic E-state index is -0.540. The molecular formula is C8H8O3. The second-order valence-electron chi connectivity index (χ2n) is 2.09. The van der Waals surface area contributed by atoms with Gasteiger partial charge >= 0.3 is 5.63 Å². The van der Waals surface area contributed by atoms with Gasteiger partial charge in [-0.15, -0.1) is 6.58 Å². The number of hydrogen-bond acceptors (Lipinski definition) is 3. The van der Waals surface area contributed by atoms with Crippen LogP contribution in [0.5, 0.6) is 5.75 Å². The summed E-state index contributed by atoms with van der Waals surface area (Å²) in [6.07, 6.45) is 2.04. The molecule has 0 unspecified atom stereocenters. The summed E-state index contributed by atoms with van der Waals surface area (Å²) in [7, 11) is 0. The molecule has 0 bridgehead atoms. The van der Waals surface area contributed by atoms with Crippen molar-refractivity contribution in [2.75, 3.05) is 0 Å². The van der Waals surface area contributed by atoms with Gasteiger partial charge in [-0.2, -0.15) is 0 Å². The Morgan fingerprint density at radius 2 is 2.36 bits per heavy atom. The molecule has 0 radical (unpaired) electrons. The van der Waals surface area contributed by atoms with Crippen molar-refractivity contribution in [3.63, 3.8) is 0 Å². The highest BCUT2D eigenvalue weighted by molar-refractivity contribution is 5.19. The average Bonchev–Trinajstić information content (AvgIpc) is 1.85. The van der Waals surface area contributed by atoms with Crippen LogP contribution in [0.3, 0.4) is 0 Å². The lowest BCUT2D eigenvalue weighted by Crippen LogP contribution is -1.97. The number of hydrogen-bond donors (Lipinski definition) is 1. The molecule has 0 fully saturated rings. The second-order valence-corrected chi connectivity index (χ2v) is 2.09. The first-order valence-corrected chi connectivity index (χ1v) is 3.16. The maximum Gasteiger partial charge on any atom is 0.339 e. The molecule has 0 aliphatic heterocycles. The van der Waals surface area contributed by atoms with Crippen LogP contribution in [0.4, 0.5) is 0 Å². The van der Waals surface area contributed by atoms with Crippen molar-refractivity contribution in [2.24, 2.45) is 0 Å². The van der Waals surface area contributed by atoms with Gasteiger partial charge in [-0.3, -0.25) is 0 Å². The molecule has 1 heterocycles. The molecular weight excluding hydrogens is 144 g/mol. The Morgan fingerprint density at radius 3 is 2.91 bits per heavy atom. The Kier molecular flexibility index (Phi) is 2.11. The van der Waals surface area contributed by atoms with Gasteiger partial charge in [0.2, 0.25) is 0 Å². The molecule has 1 aromatic heterocycles. The SMILES string of the molecule is C=CCc1cc(O)cc(=O)o1. The van der Waals surface area contributed by atoms with Gasteiger partial charge in [-0.05, 0) is 0 Å². The minimum Gasteiger partial charge on any atom is -0.508 e. The van der Waals surface area contributed by atoms with Crippen LogP contribution < -0.4 is 5.63 Å². The molecule has 0 amide bonds. The monoisotopic (exact) mass is 152 g/mol. The summed E-state index contributed by atoms with van der Waals surface area (Å²) < 4.78 is 4.71. The van der Waals surface area contributed by atoms with E-state index in [1.54, 1.807) is 6.08 Å². The maximum atomic E-state index is 10.6. The topological polar surface area (TPSA) is 50.4 Å². The van der Waals surface area contributed by atoms with E-state index in [-0.39, 0.29) is 5.75 Å². The Hall–Kier alpha value is -1.51. The van der Waals surface area contributed by atoms with E-state index in [0.29, 0.717) is 12.2 Å². The Bertz CT molecular complexity index is 311. The molecule has 3 heteroatoms. The fourth-order valence-corrected chi connectivity index (χ4v) is 0.758. The highest BCUT2D eigenvalue weighted by atomic mass is 16.4. The van der Waals surface area contributed by atoms with Crippen LogP contribution in [-0.4, -0.2) is 5.11 Å². The molecule has 0 aliphatic carbocycles. The average molecular weight is 152 g/mol. The van der Waals surface area contributed by atoms with Crippen molar-refractivity contribution >= 4 is 0 Å². The normalized spacial score (nSPS) is 9.45. The first-order chi connectivity index (χ1) is 5.22.